The minimum Gasteiger partial charge on any atom is -0.479 e. The predicted octanol–water partition coefficient (Wildman–Crippen LogP) is 0.673. The topological polar surface area (TPSA) is 69.6 Å². The highest BCUT2D eigenvalue weighted by Crippen LogP contribution is 2.06. The fraction of sp³-hybridized carbons (Fsp3) is 0.444. The first kappa shape index (κ1) is 11.2. The van der Waals surface area contributed by atoms with Crippen LogP contribution in [0.4, 0.5) is 0 Å². The standard InChI is InChI=1S/C9H13NO3S/c1-9(13,8(11)12)6-10-4-7-2-3-14-5-7/h2-3,5,10,13H,4,6H2,1H3,(H,11,12). The molecule has 3 N–H and O–H groups in total. The van der Waals surface area contributed by atoms with E-state index in [1.165, 1.54) is 6.92 Å². The maximum absolute atomic E-state index is 10.5. The molecular weight excluding hydrogens is 202 g/mol. The Morgan fingerprint density at radius 2 is 2.43 bits per heavy atom. The molecule has 4 nitrogen and oxygen atoms in total. The average molecular weight is 215 g/mol. The molecule has 1 unspecified atom stereocenters. The van der Waals surface area contributed by atoms with E-state index in [1.807, 2.05) is 16.8 Å². The first-order valence-electron chi connectivity index (χ1n) is 4.20. The first-order valence-corrected chi connectivity index (χ1v) is 5.14. The van der Waals surface area contributed by atoms with Gasteiger partial charge in [-0.2, -0.15) is 11.3 Å². The van der Waals surface area contributed by atoms with Crippen molar-refractivity contribution in [2.75, 3.05) is 6.54 Å². The van der Waals surface area contributed by atoms with Crippen molar-refractivity contribution < 1.29 is 15.0 Å². The fourth-order valence-electron chi connectivity index (χ4n) is 0.919. The van der Waals surface area contributed by atoms with Crippen LogP contribution in [-0.4, -0.2) is 28.3 Å². The summed E-state index contributed by atoms with van der Waals surface area (Å²) in [5, 5.41) is 24.8. The highest BCUT2D eigenvalue weighted by Gasteiger charge is 2.28. The van der Waals surface area contributed by atoms with Gasteiger partial charge in [-0.3, -0.25) is 0 Å². The van der Waals surface area contributed by atoms with Gasteiger partial charge >= 0.3 is 5.97 Å². The van der Waals surface area contributed by atoms with Crippen LogP contribution in [-0.2, 0) is 11.3 Å². The Balaban J connectivity index is 2.31. The second kappa shape index (κ2) is 4.54. The third kappa shape index (κ3) is 3.10. The summed E-state index contributed by atoms with van der Waals surface area (Å²) in [6.07, 6.45) is 0. The zero-order chi connectivity index (χ0) is 10.6. The highest BCUT2D eigenvalue weighted by molar-refractivity contribution is 7.07. The third-order valence-electron chi connectivity index (χ3n) is 1.84. The molecule has 1 aromatic heterocycles. The van der Waals surface area contributed by atoms with Gasteiger partial charge in [0.1, 0.15) is 0 Å². The van der Waals surface area contributed by atoms with E-state index in [-0.39, 0.29) is 6.54 Å². The van der Waals surface area contributed by atoms with Crippen molar-refractivity contribution in [2.45, 2.75) is 19.1 Å². The van der Waals surface area contributed by atoms with E-state index in [0.29, 0.717) is 6.54 Å². The van der Waals surface area contributed by atoms with Gasteiger partial charge in [-0.05, 0) is 29.3 Å². The number of thiophene rings is 1. The SMILES string of the molecule is CC(O)(CNCc1ccsc1)C(=O)O. The number of nitrogens with one attached hydrogen (secondary N) is 1. The third-order valence-corrected chi connectivity index (χ3v) is 2.57. The predicted molar refractivity (Wildman–Crippen MR) is 54.3 cm³/mol. The monoisotopic (exact) mass is 215 g/mol. The fourth-order valence-corrected chi connectivity index (χ4v) is 1.59. The van der Waals surface area contributed by atoms with Crippen molar-refractivity contribution in [3.05, 3.63) is 22.4 Å². The lowest BCUT2D eigenvalue weighted by Gasteiger charge is -2.17. The lowest BCUT2D eigenvalue weighted by Crippen LogP contribution is -2.44. The number of aliphatic carboxylic acids is 1. The van der Waals surface area contributed by atoms with Crippen molar-refractivity contribution in [1.29, 1.82) is 0 Å². The minimum atomic E-state index is -1.70. The number of hydrogen-bond donors (Lipinski definition) is 3. The van der Waals surface area contributed by atoms with E-state index in [1.54, 1.807) is 11.3 Å². The Kier molecular flexibility index (Phi) is 3.62. The summed E-state index contributed by atoms with van der Waals surface area (Å²) in [5.74, 6) is -1.21. The molecule has 5 heteroatoms. The lowest BCUT2D eigenvalue weighted by atomic mass is 10.1. The molecule has 14 heavy (non-hydrogen) atoms. The number of aliphatic hydroxyl groups is 1. The van der Waals surface area contributed by atoms with Crippen molar-refractivity contribution >= 4 is 17.3 Å². The number of carboxylic acids is 1. The molecular formula is C9H13NO3S. The largest absolute Gasteiger partial charge is 0.479 e. The quantitative estimate of drug-likeness (QED) is 0.675. The Hall–Kier alpha value is -0.910. The Morgan fingerprint density at radius 3 is 2.93 bits per heavy atom. The number of hydrogen-bond acceptors (Lipinski definition) is 4. The summed E-state index contributed by atoms with van der Waals surface area (Å²) in [7, 11) is 0. The van der Waals surface area contributed by atoms with Gasteiger partial charge in [0.05, 0.1) is 0 Å². The van der Waals surface area contributed by atoms with Crippen molar-refractivity contribution in [3.8, 4) is 0 Å². The van der Waals surface area contributed by atoms with Gasteiger partial charge in [0, 0.05) is 13.1 Å². The highest BCUT2D eigenvalue weighted by atomic mass is 32.1. The average Bonchev–Trinajstić information content (AvgIpc) is 2.56. The van der Waals surface area contributed by atoms with Crippen LogP contribution < -0.4 is 5.32 Å². The van der Waals surface area contributed by atoms with Crippen LogP contribution in [0.1, 0.15) is 12.5 Å². The molecule has 0 aliphatic rings. The molecule has 0 fully saturated rings. The van der Waals surface area contributed by atoms with E-state index >= 15 is 0 Å². The molecule has 0 aliphatic heterocycles. The molecule has 1 rings (SSSR count). The number of rotatable bonds is 5. The summed E-state index contributed by atoms with van der Waals surface area (Å²) >= 11 is 1.59. The normalized spacial score (nSPS) is 15.0. The van der Waals surface area contributed by atoms with Crippen LogP contribution >= 0.6 is 11.3 Å². The minimum absolute atomic E-state index is 0.0399. The summed E-state index contributed by atoms with van der Waals surface area (Å²) in [6.45, 7) is 1.89. The van der Waals surface area contributed by atoms with Crippen LogP contribution in [0.15, 0.2) is 16.8 Å². The summed E-state index contributed by atoms with van der Waals surface area (Å²) < 4.78 is 0. The zero-order valence-corrected chi connectivity index (χ0v) is 8.67. The van der Waals surface area contributed by atoms with Crippen LogP contribution in [0.5, 0.6) is 0 Å². The van der Waals surface area contributed by atoms with Gasteiger partial charge in [0.25, 0.3) is 0 Å². The van der Waals surface area contributed by atoms with Gasteiger partial charge in [-0.15, -0.1) is 0 Å². The molecule has 0 saturated carbocycles. The lowest BCUT2D eigenvalue weighted by molar-refractivity contribution is -0.156. The molecule has 1 aromatic rings. The van der Waals surface area contributed by atoms with Gasteiger partial charge in [-0.25, -0.2) is 4.79 Å². The van der Waals surface area contributed by atoms with E-state index in [4.69, 9.17) is 5.11 Å². The van der Waals surface area contributed by atoms with Gasteiger partial charge in [0.15, 0.2) is 5.60 Å². The second-order valence-corrected chi connectivity index (χ2v) is 4.09. The summed E-state index contributed by atoms with van der Waals surface area (Å²) in [6, 6.07) is 1.95. The Bertz CT molecular complexity index is 295. The van der Waals surface area contributed by atoms with Gasteiger partial charge in [0.2, 0.25) is 0 Å². The van der Waals surface area contributed by atoms with Crippen molar-refractivity contribution in [2.24, 2.45) is 0 Å². The van der Waals surface area contributed by atoms with Crippen molar-refractivity contribution in [1.82, 2.24) is 5.32 Å². The van der Waals surface area contributed by atoms with Crippen LogP contribution in [0.25, 0.3) is 0 Å². The molecule has 0 radical (unpaired) electrons. The van der Waals surface area contributed by atoms with Gasteiger partial charge in [-0.1, -0.05) is 0 Å². The smallest absolute Gasteiger partial charge is 0.336 e. The molecule has 0 saturated heterocycles. The van der Waals surface area contributed by atoms with Crippen LogP contribution in [0.3, 0.4) is 0 Å². The molecule has 0 aliphatic carbocycles. The molecule has 0 bridgehead atoms. The van der Waals surface area contributed by atoms with E-state index in [0.717, 1.165) is 5.56 Å². The second-order valence-electron chi connectivity index (χ2n) is 3.31. The number of carbonyl (C=O) groups is 1. The van der Waals surface area contributed by atoms with Gasteiger partial charge < -0.3 is 15.5 Å². The maximum atomic E-state index is 10.5. The summed E-state index contributed by atoms with van der Waals surface area (Å²) in [4.78, 5) is 10.5. The molecule has 0 spiro atoms. The Labute approximate surface area is 86.2 Å². The molecule has 1 heterocycles. The molecule has 1 atom stereocenters. The molecule has 0 amide bonds. The molecule has 78 valence electrons. The molecule has 0 aromatic carbocycles. The number of carboxylic acid groups (broad SMARTS) is 1. The van der Waals surface area contributed by atoms with E-state index in [2.05, 4.69) is 5.32 Å². The first-order chi connectivity index (χ1) is 6.52. The van der Waals surface area contributed by atoms with Crippen LogP contribution in [0.2, 0.25) is 0 Å². The summed E-state index contributed by atoms with van der Waals surface area (Å²) in [5.41, 5.74) is -0.605. The van der Waals surface area contributed by atoms with E-state index < -0.39 is 11.6 Å². The van der Waals surface area contributed by atoms with Crippen molar-refractivity contribution in [3.63, 3.8) is 0 Å². The van der Waals surface area contributed by atoms with E-state index in [9.17, 15) is 9.90 Å². The van der Waals surface area contributed by atoms with Crippen LogP contribution in [0, 0.1) is 0 Å². The zero-order valence-electron chi connectivity index (χ0n) is 7.86. The maximum Gasteiger partial charge on any atom is 0.336 e. The Morgan fingerprint density at radius 1 is 1.71 bits per heavy atom.